The van der Waals surface area contributed by atoms with Crippen LogP contribution in [0, 0.1) is 17.5 Å². The lowest BCUT2D eigenvalue weighted by Crippen LogP contribution is -2.02. The molecule has 0 amide bonds. The summed E-state index contributed by atoms with van der Waals surface area (Å²) in [5.74, 6) is -5.96. The molecule has 0 aliphatic rings. The molecule has 0 aliphatic carbocycles. The Morgan fingerprint density at radius 3 is 2.56 bits per heavy atom. The van der Waals surface area contributed by atoms with Gasteiger partial charge < -0.3 is 5.11 Å². The SMILES string of the molecule is O=C(O)c1ccnc2c(F)c(F)c(F)cc12. The second-order valence-corrected chi connectivity index (χ2v) is 3.05. The van der Waals surface area contributed by atoms with E-state index in [4.69, 9.17) is 5.11 Å². The largest absolute Gasteiger partial charge is 0.478 e. The highest BCUT2D eigenvalue weighted by Crippen LogP contribution is 2.23. The van der Waals surface area contributed by atoms with E-state index < -0.39 is 28.9 Å². The summed E-state index contributed by atoms with van der Waals surface area (Å²) in [5.41, 5.74) is -0.832. The monoisotopic (exact) mass is 227 g/mol. The standard InChI is InChI=1S/C10H4F3NO2/c11-6-3-5-4(10(15)16)1-2-14-9(5)8(13)7(6)12/h1-3H,(H,15,16). The number of halogens is 3. The smallest absolute Gasteiger partial charge is 0.336 e. The predicted molar refractivity (Wildman–Crippen MR) is 48.6 cm³/mol. The Morgan fingerprint density at radius 2 is 1.94 bits per heavy atom. The van der Waals surface area contributed by atoms with Gasteiger partial charge in [0.1, 0.15) is 5.52 Å². The van der Waals surface area contributed by atoms with E-state index in [2.05, 4.69) is 4.98 Å². The number of aromatic nitrogens is 1. The fourth-order valence-electron chi connectivity index (χ4n) is 1.38. The van der Waals surface area contributed by atoms with Crippen molar-refractivity contribution >= 4 is 16.9 Å². The van der Waals surface area contributed by atoms with Gasteiger partial charge in [0.15, 0.2) is 17.5 Å². The molecule has 0 unspecified atom stereocenters. The highest BCUT2D eigenvalue weighted by atomic mass is 19.2. The number of carboxylic acids is 1. The lowest BCUT2D eigenvalue weighted by molar-refractivity contribution is 0.0699. The van der Waals surface area contributed by atoms with E-state index >= 15 is 0 Å². The molecule has 1 heterocycles. The Bertz CT molecular complexity index is 598. The zero-order valence-electron chi connectivity index (χ0n) is 7.67. The van der Waals surface area contributed by atoms with Gasteiger partial charge in [0.25, 0.3) is 0 Å². The zero-order chi connectivity index (χ0) is 11.9. The molecule has 3 nitrogen and oxygen atoms in total. The molecule has 0 saturated heterocycles. The van der Waals surface area contributed by atoms with Crippen LogP contribution in [0.3, 0.4) is 0 Å². The molecular weight excluding hydrogens is 223 g/mol. The van der Waals surface area contributed by atoms with Crippen LogP contribution in [-0.4, -0.2) is 16.1 Å². The number of carboxylic acid groups (broad SMARTS) is 1. The molecule has 2 aromatic rings. The highest BCUT2D eigenvalue weighted by molar-refractivity contribution is 6.02. The molecule has 0 radical (unpaired) electrons. The van der Waals surface area contributed by atoms with Crippen molar-refractivity contribution in [2.24, 2.45) is 0 Å². The summed E-state index contributed by atoms with van der Waals surface area (Å²) in [6.45, 7) is 0. The first-order chi connectivity index (χ1) is 7.52. The third-order valence-corrected chi connectivity index (χ3v) is 2.10. The Morgan fingerprint density at radius 1 is 1.25 bits per heavy atom. The number of pyridine rings is 1. The molecule has 1 N–H and O–H groups in total. The second-order valence-electron chi connectivity index (χ2n) is 3.05. The molecule has 1 aromatic heterocycles. The van der Waals surface area contributed by atoms with E-state index in [1.807, 2.05) is 0 Å². The number of rotatable bonds is 1. The lowest BCUT2D eigenvalue weighted by Gasteiger charge is -2.03. The first kappa shape index (κ1) is 10.4. The summed E-state index contributed by atoms with van der Waals surface area (Å²) in [5, 5.41) is 8.50. The van der Waals surface area contributed by atoms with Crippen molar-refractivity contribution in [1.82, 2.24) is 4.98 Å². The van der Waals surface area contributed by atoms with Gasteiger partial charge in [-0.1, -0.05) is 0 Å². The van der Waals surface area contributed by atoms with Crippen LogP contribution in [0.5, 0.6) is 0 Å². The van der Waals surface area contributed by atoms with Gasteiger partial charge in [0.05, 0.1) is 5.56 Å². The average Bonchev–Trinajstić information content (AvgIpc) is 2.25. The molecule has 0 fully saturated rings. The Kier molecular flexibility index (Phi) is 2.26. The number of hydrogen-bond acceptors (Lipinski definition) is 2. The minimum atomic E-state index is -1.66. The third kappa shape index (κ3) is 1.39. The van der Waals surface area contributed by atoms with Gasteiger partial charge in [-0.25, -0.2) is 18.0 Å². The Labute approximate surface area is 87.2 Å². The topological polar surface area (TPSA) is 50.2 Å². The van der Waals surface area contributed by atoms with Crippen molar-refractivity contribution in [2.45, 2.75) is 0 Å². The van der Waals surface area contributed by atoms with Crippen LogP contribution < -0.4 is 0 Å². The zero-order valence-corrected chi connectivity index (χ0v) is 7.67. The molecule has 0 atom stereocenters. The van der Waals surface area contributed by atoms with Crippen molar-refractivity contribution in [3.8, 4) is 0 Å². The van der Waals surface area contributed by atoms with Crippen molar-refractivity contribution in [3.05, 3.63) is 41.3 Å². The molecular formula is C10H4F3NO2. The minimum absolute atomic E-state index is 0.272. The number of fused-ring (bicyclic) bond motifs is 1. The number of aromatic carboxylic acids is 1. The summed E-state index contributed by atoms with van der Waals surface area (Å²) >= 11 is 0. The van der Waals surface area contributed by atoms with Crippen LogP contribution in [0.25, 0.3) is 10.9 Å². The molecule has 6 heteroatoms. The summed E-state index contributed by atoms with van der Waals surface area (Å²) in [6, 6.07) is 1.70. The molecule has 0 aliphatic heterocycles. The lowest BCUT2D eigenvalue weighted by atomic mass is 10.1. The Hall–Kier alpha value is -2.11. The van der Waals surface area contributed by atoms with Gasteiger partial charge in [-0.05, 0) is 12.1 Å². The normalized spacial score (nSPS) is 10.7. The maximum Gasteiger partial charge on any atom is 0.336 e. The first-order valence-corrected chi connectivity index (χ1v) is 4.18. The average molecular weight is 227 g/mol. The maximum absolute atomic E-state index is 13.2. The van der Waals surface area contributed by atoms with Crippen LogP contribution in [0.15, 0.2) is 18.3 Å². The maximum atomic E-state index is 13.2. The fourth-order valence-corrected chi connectivity index (χ4v) is 1.38. The van der Waals surface area contributed by atoms with E-state index in [9.17, 15) is 18.0 Å². The number of carbonyl (C=O) groups is 1. The quantitative estimate of drug-likeness (QED) is 0.760. The van der Waals surface area contributed by atoms with Crippen molar-refractivity contribution in [1.29, 1.82) is 0 Å². The van der Waals surface area contributed by atoms with Crippen molar-refractivity contribution < 1.29 is 23.1 Å². The Balaban J connectivity index is 2.95. The van der Waals surface area contributed by atoms with Gasteiger partial charge in [0, 0.05) is 11.6 Å². The van der Waals surface area contributed by atoms with E-state index in [1.54, 1.807) is 0 Å². The second kappa shape index (κ2) is 3.48. The molecule has 2 rings (SSSR count). The number of nitrogens with zero attached hydrogens (tertiary/aromatic N) is 1. The number of benzene rings is 1. The summed E-state index contributed by atoms with van der Waals surface area (Å²) < 4.78 is 39.0. The third-order valence-electron chi connectivity index (χ3n) is 2.10. The van der Waals surface area contributed by atoms with Crippen LogP contribution in [-0.2, 0) is 0 Å². The van der Waals surface area contributed by atoms with Gasteiger partial charge in [0.2, 0.25) is 0 Å². The summed E-state index contributed by atoms with van der Waals surface area (Å²) in [4.78, 5) is 14.2. The van der Waals surface area contributed by atoms with Gasteiger partial charge in [-0.2, -0.15) is 0 Å². The van der Waals surface area contributed by atoms with Gasteiger partial charge >= 0.3 is 5.97 Å². The van der Waals surface area contributed by atoms with Gasteiger partial charge in [-0.15, -0.1) is 0 Å². The van der Waals surface area contributed by atoms with Crippen LogP contribution >= 0.6 is 0 Å². The molecule has 82 valence electrons. The van der Waals surface area contributed by atoms with Crippen molar-refractivity contribution in [3.63, 3.8) is 0 Å². The molecule has 0 spiro atoms. The molecule has 16 heavy (non-hydrogen) atoms. The molecule has 1 aromatic carbocycles. The van der Waals surface area contributed by atoms with Crippen molar-refractivity contribution in [2.75, 3.05) is 0 Å². The van der Waals surface area contributed by atoms with E-state index in [-0.39, 0.29) is 10.9 Å². The summed E-state index contributed by atoms with van der Waals surface area (Å²) in [7, 11) is 0. The van der Waals surface area contributed by atoms with E-state index in [0.717, 1.165) is 12.3 Å². The first-order valence-electron chi connectivity index (χ1n) is 4.18. The highest BCUT2D eigenvalue weighted by Gasteiger charge is 2.18. The number of hydrogen-bond donors (Lipinski definition) is 1. The van der Waals surface area contributed by atoms with Crippen LogP contribution in [0.4, 0.5) is 13.2 Å². The predicted octanol–water partition coefficient (Wildman–Crippen LogP) is 2.35. The minimum Gasteiger partial charge on any atom is -0.478 e. The van der Waals surface area contributed by atoms with E-state index in [0.29, 0.717) is 6.07 Å². The van der Waals surface area contributed by atoms with Gasteiger partial charge in [-0.3, -0.25) is 4.98 Å². The summed E-state index contributed by atoms with van der Waals surface area (Å²) in [6.07, 6.45) is 1.02. The van der Waals surface area contributed by atoms with E-state index in [1.165, 1.54) is 0 Å². The van der Waals surface area contributed by atoms with Crippen LogP contribution in [0.2, 0.25) is 0 Å². The van der Waals surface area contributed by atoms with Crippen LogP contribution in [0.1, 0.15) is 10.4 Å². The fraction of sp³-hybridized carbons (Fsp3) is 0. The molecule has 0 bridgehead atoms. The molecule has 0 saturated carbocycles.